The van der Waals surface area contributed by atoms with Crippen molar-refractivity contribution >= 4 is 28.2 Å². The second-order valence-corrected chi connectivity index (χ2v) is 5.60. The van der Waals surface area contributed by atoms with Crippen molar-refractivity contribution in [3.05, 3.63) is 21.7 Å². The normalized spacial score (nSPS) is 16.1. The van der Waals surface area contributed by atoms with Crippen molar-refractivity contribution in [3.63, 3.8) is 0 Å². The molecule has 0 spiro atoms. The maximum Gasteiger partial charge on any atom is 0.314 e. The highest BCUT2D eigenvalue weighted by molar-refractivity contribution is 9.10. The van der Waals surface area contributed by atoms with Crippen LogP contribution in [0.5, 0.6) is 11.5 Å². The van der Waals surface area contributed by atoms with Crippen molar-refractivity contribution < 1.29 is 24.2 Å². The van der Waals surface area contributed by atoms with Crippen molar-refractivity contribution in [2.45, 2.75) is 24.7 Å². The van der Waals surface area contributed by atoms with Gasteiger partial charge in [-0.1, -0.05) is 22.4 Å². The van der Waals surface area contributed by atoms with E-state index in [-0.39, 0.29) is 5.75 Å². The zero-order valence-electron chi connectivity index (χ0n) is 11.2. The van der Waals surface area contributed by atoms with Crippen LogP contribution in [-0.2, 0) is 10.2 Å². The molecule has 1 fully saturated rings. The Bertz CT molecular complexity index is 563. The second-order valence-electron chi connectivity index (χ2n) is 4.75. The first-order valence-electron chi connectivity index (χ1n) is 6.15. The van der Waals surface area contributed by atoms with Crippen LogP contribution in [0.3, 0.4) is 0 Å². The Kier molecular flexibility index (Phi) is 4.04. The Morgan fingerprint density at radius 3 is 2.30 bits per heavy atom. The van der Waals surface area contributed by atoms with Crippen LogP contribution < -0.4 is 9.47 Å². The lowest BCUT2D eigenvalue weighted by Gasteiger charge is -2.39. The fourth-order valence-corrected chi connectivity index (χ4v) is 3.47. The van der Waals surface area contributed by atoms with Crippen LogP contribution in [0.2, 0.25) is 0 Å². The topological polar surface area (TPSA) is 72.8 Å². The summed E-state index contributed by atoms with van der Waals surface area (Å²) >= 11 is 3.36. The molecular formula is C14H15BrO5. The molecule has 1 N–H and O–H groups in total. The average Bonchev–Trinajstić information content (AvgIpc) is 2.37. The third kappa shape index (κ3) is 1.98. The molecule has 0 unspecified atom stereocenters. The van der Waals surface area contributed by atoms with E-state index in [0.29, 0.717) is 40.5 Å². The van der Waals surface area contributed by atoms with E-state index in [2.05, 4.69) is 15.9 Å². The van der Waals surface area contributed by atoms with Gasteiger partial charge in [-0.3, -0.25) is 9.59 Å². The maximum absolute atomic E-state index is 11.7. The molecule has 108 valence electrons. The number of hydrogen-bond donors (Lipinski definition) is 1. The molecule has 0 radical (unpaired) electrons. The molecule has 5 nitrogen and oxygen atoms in total. The van der Waals surface area contributed by atoms with E-state index in [1.807, 2.05) is 0 Å². The first kappa shape index (κ1) is 14.8. The van der Waals surface area contributed by atoms with Crippen molar-refractivity contribution in [1.82, 2.24) is 0 Å². The summed E-state index contributed by atoms with van der Waals surface area (Å²) in [5.41, 5.74) is -0.111. The van der Waals surface area contributed by atoms with Gasteiger partial charge < -0.3 is 14.6 Å². The predicted molar refractivity (Wildman–Crippen MR) is 75.8 cm³/mol. The summed E-state index contributed by atoms with van der Waals surface area (Å²) in [7, 11) is 2.87. The smallest absolute Gasteiger partial charge is 0.314 e. The average molecular weight is 343 g/mol. The number of aldehydes is 1. The van der Waals surface area contributed by atoms with Gasteiger partial charge in [-0.15, -0.1) is 0 Å². The molecule has 1 aromatic carbocycles. The quantitative estimate of drug-likeness (QED) is 0.833. The van der Waals surface area contributed by atoms with Gasteiger partial charge in [0.2, 0.25) is 0 Å². The fraction of sp³-hybridized carbons (Fsp3) is 0.429. The van der Waals surface area contributed by atoms with Crippen LogP contribution in [0, 0.1) is 0 Å². The second kappa shape index (κ2) is 5.44. The van der Waals surface area contributed by atoms with Crippen molar-refractivity contribution in [2.75, 3.05) is 14.2 Å². The molecule has 0 amide bonds. The summed E-state index contributed by atoms with van der Waals surface area (Å²) in [6, 6.07) is 1.58. The number of halogens is 1. The molecule has 2 rings (SSSR count). The van der Waals surface area contributed by atoms with Crippen LogP contribution in [0.4, 0.5) is 0 Å². The Labute approximate surface area is 125 Å². The van der Waals surface area contributed by atoms with Crippen LogP contribution in [0.15, 0.2) is 10.5 Å². The van der Waals surface area contributed by atoms with Crippen LogP contribution >= 0.6 is 15.9 Å². The number of carboxylic acids is 1. The number of methoxy groups -OCH3 is 2. The monoisotopic (exact) mass is 342 g/mol. The Morgan fingerprint density at radius 2 is 1.95 bits per heavy atom. The van der Waals surface area contributed by atoms with Gasteiger partial charge in [-0.25, -0.2) is 0 Å². The fourth-order valence-electron chi connectivity index (χ4n) is 2.67. The van der Waals surface area contributed by atoms with E-state index in [4.69, 9.17) is 9.47 Å². The van der Waals surface area contributed by atoms with Gasteiger partial charge in [-0.2, -0.15) is 0 Å². The van der Waals surface area contributed by atoms with Gasteiger partial charge in [0.05, 0.1) is 25.2 Å². The summed E-state index contributed by atoms with van der Waals surface area (Å²) in [6.45, 7) is 0. The molecule has 0 saturated heterocycles. The van der Waals surface area contributed by atoms with E-state index >= 15 is 0 Å². The molecule has 20 heavy (non-hydrogen) atoms. The number of benzene rings is 1. The Balaban J connectivity index is 2.75. The number of aliphatic carboxylic acids is 1. The minimum absolute atomic E-state index is 0.272. The maximum atomic E-state index is 11.7. The van der Waals surface area contributed by atoms with E-state index in [9.17, 15) is 14.7 Å². The van der Waals surface area contributed by atoms with E-state index in [1.54, 1.807) is 6.07 Å². The van der Waals surface area contributed by atoms with Gasteiger partial charge in [0.1, 0.15) is 0 Å². The summed E-state index contributed by atoms with van der Waals surface area (Å²) in [5, 5.41) is 9.58. The first-order chi connectivity index (χ1) is 9.51. The zero-order valence-corrected chi connectivity index (χ0v) is 12.8. The van der Waals surface area contributed by atoms with Gasteiger partial charge >= 0.3 is 5.97 Å². The van der Waals surface area contributed by atoms with Gasteiger partial charge in [-0.05, 0) is 18.9 Å². The number of rotatable bonds is 5. The van der Waals surface area contributed by atoms with Gasteiger partial charge in [0.25, 0.3) is 0 Å². The molecule has 0 heterocycles. The SMILES string of the molecule is COc1c(C=O)cc(Br)c(C2(C(=O)O)CCC2)c1OC. The standard InChI is InChI=1S/C14H15BrO5/c1-19-11-8(7-16)6-9(15)10(12(11)20-2)14(13(17)18)4-3-5-14/h6-7H,3-5H2,1-2H3,(H,17,18). The molecule has 0 bridgehead atoms. The highest BCUT2D eigenvalue weighted by Gasteiger charge is 2.49. The van der Waals surface area contributed by atoms with Crippen molar-refractivity contribution in [1.29, 1.82) is 0 Å². The number of carboxylic acid groups (broad SMARTS) is 1. The molecule has 1 aromatic rings. The molecule has 6 heteroatoms. The molecule has 0 atom stereocenters. The highest BCUT2D eigenvalue weighted by Crippen LogP contribution is 2.53. The molecule has 0 aromatic heterocycles. The molecule has 0 aliphatic heterocycles. The van der Waals surface area contributed by atoms with Gasteiger partial charge in [0, 0.05) is 10.0 Å². The van der Waals surface area contributed by atoms with Crippen LogP contribution in [-0.4, -0.2) is 31.6 Å². The van der Waals surface area contributed by atoms with E-state index in [0.717, 1.165) is 6.42 Å². The lowest BCUT2D eigenvalue weighted by Crippen LogP contribution is -2.43. The minimum atomic E-state index is -0.973. The molecule has 1 aliphatic rings. The number of carbonyl (C=O) groups excluding carboxylic acids is 1. The largest absolute Gasteiger partial charge is 0.492 e. The van der Waals surface area contributed by atoms with Crippen LogP contribution in [0.1, 0.15) is 35.2 Å². The minimum Gasteiger partial charge on any atom is -0.492 e. The van der Waals surface area contributed by atoms with E-state index < -0.39 is 11.4 Å². The predicted octanol–water partition coefficient (Wildman–Crippen LogP) is 2.79. The summed E-state index contributed by atoms with van der Waals surface area (Å²) in [6.07, 6.45) is 2.59. The Hall–Kier alpha value is -1.56. The molecule has 1 aliphatic carbocycles. The summed E-state index contributed by atoms with van der Waals surface area (Å²) in [4.78, 5) is 22.8. The van der Waals surface area contributed by atoms with E-state index in [1.165, 1.54) is 14.2 Å². The van der Waals surface area contributed by atoms with Crippen LogP contribution in [0.25, 0.3) is 0 Å². The van der Waals surface area contributed by atoms with Crippen molar-refractivity contribution in [2.24, 2.45) is 0 Å². The lowest BCUT2D eigenvalue weighted by molar-refractivity contribution is -0.147. The third-order valence-corrected chi connectivity index (χ3v) is 4.47. The highest BCUT2D eigenvalue weighted by atomic mass is 79.9. The summed E-state index contributed by atoms with van der Waals surface area (Å²) < 4.78 is 11.1. The zero-order chi connectivity index (χ0) is 14.9. The third-order valence-electron chi connectivity index (χ3n) is 3.85. The Morgan fingerprint density at radius 1 is 1.35 bits per heavy atom. The van der Waals surface area contributed by atoms with Gasteiger partial charge in [0.15, 0.2) is 17.8 Å². The first-order valence-corrected chi connectivity index (χ1v) is 6.94. The lowest BCUT2D eigenvalue weighted by atomic mass is 9.64. The number of hydrogen-bond acceptors (Lipinski definition) is 4. The van der Waals surface area contributed by atoms with Crippen molar-refractivity contribution in [3.8, 4) is 11.5 Å². The molecule has 1 saturated carbocycles. The number of ether oxygens (including phenoxy) is 2. The number of carbonyl (C=O) groups is 2. The summed E-state index contributed by atoms with van der Waals surface area (Å²) in [5.74, 6) is -0.303. The molecular weight excluding hydrogens is 328 g/mol.